The Morgan fingerprint density at radius 1 is 1.47 bits per heavy atom. The SMILES string of the molecule is Cc1ccc(NCC(C)C(=O)O)c(C)c1. The second-order valence-corrected chi connectivity index (χ2v) is 3.94. The van der Waals surface area contributed by atoms with Gasteiger partial charge in [0.05, 0.1) is 5.92 Å². The third-order valence-corrected chi connectivity index (χ3v) is 2.40. The molecular weight excluding hydrogens is 190 g/mol. The Morgan fingerprint density at radius 3 is 2.67 bits per heavy atom. The van der Waals surface area contributed by atoms with Crippen molar-refractivity contribution >= 4 is 11.7 Å². The van der Waals surface area contributed by atoms with Gasteiger partial charge in [-0.15, -0.1) is 0 Å². The van der Waals surface area contributed by atoms with Crippen LogP contribution in [0.5, 0.6) is 0 Å². The highest BCUT2D eigenvalue weighted by Gasteiger charge is 2.10. The zero-order chi connectivity index (χ0) is 11.4. The molecule has 0 bridgehead atoms. The van der Waals surface area contributed by atoms with E-state index in [0.717, 1.165) is 11.3 Å². The molecule has 1 aromatic rings. The van der Waals surface area contributed by atoms with Gasteiger partial charge < -0.3 is 10.4 Å². The first-order chi connectivity index (χ1) is 7.00. The van der Waals surface area contributed by atoms with Crippen LogP contribution in [0, 0.1) is 19.8 Å². The largest absolute Gasteiger partial charge is 0.481 e. The van der Waals surface area contributed by atoms with E-state index in [-0.39, 0.29) is 5.92 Å². The van der Waals surface area contributed by atoms with Crippen LogP contribution in [0.2, 0.25) is 0 Å². The average molecular weight is 207 g/mol. The Balaban J connectivity index is 2.62. The van der Waals surface area contributed by atoms with Gasteiger partial charge in [-0.05, 0) is 25.5 Å². The van der Waals surface area contributed by atoms with Crippen LogP contribution in [0.4, 0.5) is 5.69 Å². The van der Waals surface area contributed by atoms with Crippen LogP contribution < -0.4 is 5.32 Å². The Bertz CT molecular complexity index is 361. The molecule has 1 rings (SSSR count). The first-order valence-corrected chi connectivity index (χ1v) is 5.04. The maximum atomic E-state index is 10.6. The molecule has 15 heavy (non-hydrogen) atoms. The Morgan fingerprint density at radius 2 is 2.13 bits per heavy atom. The number of nitrogens with one attached hydrogen (secondary N) is 1. The summed E-state index contributed by atoms with van der Waals surface area (Å²) in [4.78, 5) is 10.6. The standard InChI is InChI=1S/C12H17NO2/c1-8-4-5-11(9(2)6-8)13-7-10(3)12(14)15/h4-6,10,13H,7H2,1-3H3,(H,14,15). The fraction of sp³-hybridized carbons (Fsp3) is 0.417. The van der Waals surface area contributed by atoms with Gasteiger partial charge in [-0.3, -0.25) is 4.79 Å². The van der Waals surface area contributed by atoms with E-state index in [1.54, 1.807) is 6.92 Å². The second kappa shape index (κ2) is 4.82. The Kier molecular flexibility index (Phi) is 3.72. The number of aryl methyl sites for hydroxylation is 2. The molecule has 1 atom stereocenters. The van der Waals surface area contributed by atoms with Gasteiger partial charge in [-0.25, -0.2) is 0 Å². The molecule has 1 aromatic carbocycles. The first kappa shape index (κ1) is 11.6. The third-order valence-electron chi connectivity index (χ3n) is 2.40. The molecule has 1 unspecified atom stereocenters. The highest BCUT2D eigenvalue weighted by molar-refractivity contribution is 5.70. The number of carboxylic acids is 1. The van der Waals surface area contributed by atoms with Crippen molar-refractivity contribution in [3.63, 3.8) is 0 Å². The molecule has 3 heteroatoms. The highest BCUT2D eigenvalue weighted by Crippen LogP contribution is 2.16. The van der Waals surface area contributed by atoms with Gasteiger partial charge in [0.15, 0.2) is 0 Å². The lowest BCUT2D eigenvalue weighted by molar-refractivity contribution is -0.140. The average Bonchev–Trinajstić information content (AvgIpc) is 2.15. The lowest BCUT2D eigenvalue weighted by atomic mass is 10.1. The predicted octanol–water partition coefficient (Wildman–Crippen LogP) is 2.44. The van der Waals surface area contributed by atoms with E-state index in [4.69, 9.17) is 5.11 Å². The molecule has 0 aliphatic carbocycles. The molecule has 0 aliphatic rings. The molecule has 82 valence electrons. The molecular formula is C12H17NO2. The van der Waals surface area contributed by atoms with Crippen molar-refractivity contribution in [2.24, 2.45) is 5.92 Å². The lowest BCUT2D eigenvalue weighted by Gasteiger charge is -2.12. The van der Waals surface area contributed by atoms with Crippen LogP contribution >= 0.6 is 0 Å². The van der Waals surface area contributed by atoms with Crippen molar-refractivity contribution in [3.05, 3.63) is 29.3 Å². The van der Waals surface area contributed by atoms with E-state index in [2.05, 4.69) is 11.4 Å². The number of rotatable bonds is 4. The Labute approximate surface area is 90.1 Å². The van der Waals surface area contributed by atoms with E-state index in [0.29, 0.717) is 6.54 Å². The van der Waals surface area contributed by atoms with Gasteiger partial charge >= 0.3 is 5.97 Å². The number of aliphatic carboxylic acids is 1. The number of anilines is 1. The minimum Gasteiger partial charge on any atom is -0.481 e. The fourth-order valence-corrected chi connectivity index (χ4v) is 1.36. The highest BCUT2D eigenvalue weighted by atomic mass is 16.4. The molecule has 0 heterocycles. The molecule has 3 nitrogen and oxygen atoms in total. The second-order valence-electron chi connectivity index (χ2n) is 3.94. The summed E-state index contributed by atoms with van der Waals surface area (Å²) in [5.74, 6) is -1.14. The molecule has 0 amide bonds. The molecule has 0 saturated heterocycles. The van der Waals surface area contributed by atoms with Crippen LogP contribution in [0.1, 0.15) is 18.1 Å². The first-order valence-electron chi connectivity index (χ1n) is 5.04. The number of benzene rings is 1. The molecule has 0 spiro atoms. The quantitative estimate of drug-likeness (QED) is 0.797. The maximum Gasteiger partial charge on any atom is 0.308 e. The van der Waals surface area contributed by atoms with E-state index >= 15 is 0 Å². The molecule has 0 aliphatic heterocycles. The summed E-state index contributed by atoms with van der Waals surface area (Å²) < 4.78 is 0. The zero-order valence-corrected chi connectivity index (χ0v) is 9.37. The monoisotopic (exact) mass is 207 g/mol. The van der Waals surface area contributed by atoms with Gasteiger partial charge in [0.25, 0.3) is 0 Å². The normalized spacial score (nSPS) is 12.2. The third kappa shape index (κ3) is 3.27. The van der Waals surface area contributed by atoms with E-state index in [1.165, 1.54) is 5.56 Å². The van der Waals surface area contributed by atoms with E-state index < -0.39 is 5.97 Å². The van der Waals surface area contributed by atoms with Crippen molar-refractivity contribution in [3.8, 4) is 0 Å². The van der Waals surface area contributed by atoms with Crippen molar-refractivity contribution < 1.29 is 9.90 Å². The van der Waals surface area contributed by atoms with Crippen molar-refractivity contribution in [2.45, 2.75) is 20.8 Å². The van der Waals surface area contributed by atoms with E-state index in [1.807, 2.05) is 26.0 Å². The molecule has 2 N–H and O–H groups in total. The van der Waals surface area contributed by atoms with Gasteiger partial charge in [0.1, 0.15) is 0 Å². The summed E-state index contributed by atoms with van der Waals surface area (Å²) in [6.07, 6.45) is 0. The summed E-state index contributed by atoms with van der Waals surface area (Å²) >= 11 is 0. The fourth-order valence-electron chi connectivity index (χ4n) is 1.36. The van der Waals surface area contributed by atoms with Gasteiger partial charge in [0.2, 0.25) is 0 Å². The summed E-state index contributed by atoms with van der Waals surface area (Å²) in [6.45, 7) is 6.20. The minimum atomic E-state index is -0.771. The lowest BCUT2D eigenvalue weighted by Crippen LogP contribution is -2.19. The maximum absolute atomic E-state index is 10.6. The van der Waals surface area contributed by atoms with Crippen LogP contribution in [0.15, 0.2) is 18.2 Å². The summed E-state index contributed by atoms with van der Waals surface area (Å²) in [7, 11) is 0. The number of hydrogen-bond acceptors (Lipinski definition) is 2. The van der Waals surface area contributed by atoms with Crippen molar-refractivity contribution in [1.82, 2.24) is 0 Å². The number of carboxylic acid groups (broad SMARTS) is 1. The van der Waals surface area contributed by atoms with Gasteiger partial charge in [-0.2, -0.15) is 0 Å². The van der Waals surface area contributed by atoms with Crippen molar-refractivity contribution in [2.75, 3.05) is 11.9 Å². The van der Waals surface area contributed by atoms with Crippen LogP contribution in [-0.2, 0) is 4.79 Å². The van der Waals surface area contributed by atoms with Crippen LogP contribution in [0.3, 0.4) is 0 Å². The molecule has 0 fully saturated rings. The number of hydrogen-bond donors (Lipinski definition) is 2. The topological polar surface area (TPSA) is 49.3 Å². The minimum absolute atomic E-state index is 0.370. The molecule has 0 radical (unpaired) electrons. The number of carbonyl (C=O) groups is 1. The Hall–Kier alpha value is -1.51. The van der Waals surface area contributed by atoms with Crippen molar-refractivity contribution in [1.29, 1.82) is 0 Å². The van der Waals surface area contributed by atoms with Crippen LogP contribution in [-0.4, -0.2) is 17.6 Å². The van der Waals surface area contributed by atoms with Gasteiger partial charge in [-0.1, -0.05) is 24.6 Å². The smallest absolute Gasteiger partial charge is 0.308 e. The predicted molar refractivity (Wildman–Crippen MR) is 61.2 cm³/mol. The molecule has 0 saturated carbocycles. The van der Waals surface area contributed by atoms with E-state index in [9.17, 15) is 4.79 Å². The summed E-state index contributed by atoms with van der Waals surface area (Å²) in [5, 5.41) is 11.9. The van der Waals surface area contributed by atoms with Crippen LogP contribution in [0.25, 0.3) is 0 Å². The summed E-state index contributed by atoms with van der Waals surface area (Å²) in [5.41, 5.74) is 3.37. The molecule has 0 aromatic heterocycles. The van der Waals surface area contributed by atoms with Gasteiger partial charge in [0, 0.05) is 12.2 Å². The zero-order valence-electron chi connectivity index (χ0n) is 9.37. The summed E-state index contributed by atoms with van der Waals surface area (Å²) in [6, 6.07) is 6.08.